The summed E-state index contributed by atoms with van der Waals surface area (Å²) in [6, 6.07) is 15.4. The molecule has 1 aromatic heterocycles. The number of benzene rings is 2. The van der Waals surface area contributed by atoms with E-state index in [9.17, 15) is 4.79 Å². The Bertz CT molecular complexity index is 966. The summed E-state index contributed by atoms with van der Waals surface area (Å²) in [5.74, 6) is 0.879. The van der Waals surface area contributed by atoms with E-state index in [1.54, 1.807) is 13.0 Å². The van der Waals surface area contributed by atoms with E-state index in [0.29, 0.717) is 17.3 Å². The lowest BCUT2D eigenvalue weighted by Crippen LogP contribution is -2.16. The second-order valence-corrected chi connectivity index (χ2v) is 6.33. The molecule has 1 heterocycles. The number of hydrogen-bond acceptors (Lipinski definition) is 4. The van der Waals surface area contributed by atoms with Crippen LogP contribution < -0.4 is 10.6 Å². The fraction of sp³-hybridized carbons (Fsp3) is 0.190. The Morgan fingerprint density at radius 2 is 1.54 bits per heavy atom. The first-order valence-electron chi connectivity index (χ1n) is 8.50. The lowest BCUT2D eigenvalue weighted by Gasteiger charge is -2.12. The molecule has 3 aromatic rings. The maximum absolute atomic E-state index is 12.7. The van der Waals surface area contributed by atoms with Gasteiger partial charge < -0.3 is 10.6 Å². The van der Waals surface area contributed by atoms with Crippen molar-refractivity contribution in [2.45, 2.75) is 27.7 Å². The molecule has 0 unspecified atom stereocenters. The smallest absolute Gasteiger partial charge is 0.274 e. The lowest BCUT2D eigenvalue weighted by atomic mass is 10.1. The predicted molar refractivity (Wildman–Crippen MR) is 105 cm³/mol. The van der Waals surface area contributed by atoms with E-state index >= 15 is 0 Å². The molecule has 26 heavy (non-hydrogen) atoms. The molecule has 0 radical (unpaired) electrons. The van der Waals surface area contributed by atoms with E-state index in [4.69, 9.17) is 0 Å². The molecule has 0 aliphatic rings. The second kappa shape index (κ2) is 7.35. The van der Waals surface area contributed by atoms with Crippen LogP contribution >= 0.6 is 0 Å². The number of anilines is 3. The SMILES string of the molecule is Cc1nc(Nc2ccccc2C)cc(C(=O)Nc2cccc(C)c2C)n1. The molecule has 1 amide bonds. The van der Waals surface area contributed by atoms with Crippen LogP contribution in [-0.2, 0) is 0 Å². The number of carbonyl (C=O) groups excluding carboxylic acids is 1. The summed E-state index contributed by atoms with van der Waals surface area (Å²) in [5.41, 5.74) is 5.35. The summed E-state index contributed by atoms with van der Waals surface area (Å²) in [4.78, 5) is 21.3. The molecule has 5 nitrogen and oxygen atoms in total. The largest absolute Gasteiger partial charge is 0.340 e. The zero-order valence-corrected chi connectivity index (χ0v) is 15.4. The highest BCUT2D eigenvalue weighted by molar-refractivity contribution is 6.03. The van der Waals surface area contributed by atoms with Crippen molar-refractivity contribution < 1.29 is 4.79 Å². The fourth-order valence-corrected chi connectivity index (χ4v) is 2.67. The van der Waals surface area contributed by atoms with Crippen LogP contribution in [0.4, 0.5) is 17.2 Å². The van der Waals surface area contributed by atoms with Crippen molar-refractivity contribution in [3.8, 4) is 0 Å². The summed E-state index contributed by atoms with van der Waals surface area (Å²) >= 11 is 0. The van der Waals surface area contributed by atoms with Gasteiger partial charge in [-0.2, -0.15) is 0 Å². The quantitative estimate of drug-likeness (QED) is 0.718. The van der Waals surface area contributed by atoms with Gasteiger partial charge in [-0.3, -0.25) is 4.79 Å². The normalized spacial score (nSPS) is 10.5. The molecular formula is C21H22N4O. The van der Waals surface area contributed by atoms with Gasteiger partial charge in [0.2, 0.25) is 0 Å². The van der Waals surface area contributed by atoms with Crippen molar-refractivity contribution in [3.63, 3.8) is 0 Å². The van der Waals surface area contributed by atoms with E-state index in [1.807, 2.05) is 63.2 Å². The van der Waals surface area contributed by atoms with Crippen LogP contribution in [-0.4, -0.2) is 15.9 Å². The Hall–Kier alpha value is -3.21. The summed E-state index contributed by atoms with van der Waals surface area (Å²) in [7, 11) is 0. The maximum Gasteiger partial charge on any atom is 0.274 e. The Morgan fingerprint density at radius 3 is 2.31 bits per heavy atom. The van der Waals surface area contributed by atoms with E-state index in [1.165, 1.54) is 0 Å². The minimum Gasteiger partial charge on any atom is -0.340 e. The first-order valence-corrected chi connectivity index (χ1v) is 8.50. The van der Waals surface area contributed by atoms with E-state index in [2.05, 4.69) is 20.6 Å². The lowest BCUT2D eigenvalue weighted by molar-refractivity contribution is 0.102. The van der Waals surface area contributed by atoms with Gasteiger partial charge in [0.15, 0.2) is 0 Å². The van der Waals surface area contributed by atoms with Gasteiger partial charge in [-0.25, -0.2) is 9.97 Å². The summed E-state index contributed by atoms with van der Waals surface area (Å²) in [6.45, 7) is 7.80. The fourth-order valence-electron chi connectivity index (χ4n) is 2.67. The molecule has 2 aromatic carbocycles. The Balaban J connectivity index is 1.86. The molecule has 0 saturated carbocycles. The number of para-hydroxylation sites is 1. The van der Waals surface area contributed by atoms with Gasteiger partial charge >= 0.3 is 0 Å². The summed E-state index contributed by atoms with van der Waals surface area (Å²) in [5, 5.41) is 6.20. The Kier molecular flexibility index (Phi) is 4.98. The molecule has 5 heteroatoms. The molecule has 0 spiro atoms. The van der Waals surface area contributed by atoms with Crippen LogP contribution in [0.15, 0.2) is 48.5 Å². The molecular weight excluding hydrogens is 324 g/mol. The van der Waals surface area contributed by atoms with Crippen LogP contribution in [0.2, 0.25) is 0 Å². The maximum atomic E-state index is 12.7. The molecule has 2 N–H and O–H groups in total. The number of nitrogens with zero attached hydrogens (tertiary/aromatic N) is 2. The van der Waals surface area contributed by atoms with Crippen LogP contribution in [0, 0.1) is 27.7 Å². The second-order valence-electron chi connectivity index (χ2n) is 6.33. The summed E-state index contributed by atoms with van der Waals surface area (Å²) < 4.78 is 0. The van der Waals surface area contributed by atoms with Crippen LogP contribution in [0.1, 0.15) is 33.0 Å². The van der Waals surface area contributed by atoms with E-state index < -0.39 is 0 Å². The topological polar surface area (TPSA) is 66.9 Å². The standard InChI is InChI=1S/C21H22N4O/c1-13-9-7-11-18(15(13)3)25-21(26)19-12-20(23-16(4)22-19)24-17-10-6-5-8-14(17)2/h5-12H,1-4H3,(H,25,26)(H,22,23,24). The molecule has 0 atom stereocenters. The third-order valence-corrected chi connectivity index (χ3v) is 4.33. The predicted octanol–water partition coefficient (Wildman–Crippen LogP) is 4.71. The Morgan fingerprint density at radius 1 is 0.846 bits per heavy atom. The molecule has 0 fully saturated rings. The minimum atomic E-state index is -0.253. The van der Waals surface area contributed by atoms with Gasteiger partial charge in [-0.05, 0) is 56.5 Å². The number of nitrogens with one attached hydrogen (secondary N) is 2. The summed E-state index contributed by atoms with van der Waals surface area (Å²) in [6.07, 6.45) is 0. The first-order chi connectivity index (χ1) is 12.4. The highest BCUT2D eigenvalue weighted by atomic mass is 16.1. The van der Waals surface area contributed by atoms with Gasteiger partial charge in [0.05, 0.1) is 0 Å². The van der Waals surface area contributed by atoms with Gasteiger partial charge in [0, 0.05) is 17.4 Å². The average molecular weight is 346 g/mol. The highest BCUT2D eigenvalue weighted by Gasteiger charge is 2.13. The monoisotopic (exact) mass is 346 g/mol. The highest BCUT2D eigenvalue weighted by Crippen LogP contribution is 2.21. The number of aryl methyl sites for hydroxylation is 3. The van der Waals surface area contributed by atoms with Crippen molar-refractivity contribution in [3.05, 3.63) is 76.7 Å². The van der Waals surface area contributed by atoms with Crippen LogP contribution in [0.5, 0.6) is 0 Å². The van der Waals surface area contributed by atoms with Gasteiger partial charge in [0.25, 0.3) is 5.91 Å². The minimum absolute atomic E-state index is 0.253. The van der Waals surface area contributed by atoms with Crippen molar-refractivity contribution in [1.29, 1.82) is 0 Å². The number of amides is 1. The zero-order chi connectivity index (χ0) is 18.7. The number of rotatable bonds is 4. The Labute approximate surface area is 153 Å². The third kappa shape index (κ3) is 3.88. The number of aromatic nitrogens is 2. The first kappa shape index (κ1) is 17.6. The van der Waals surface area contributed by atoms with Crippen LogP contribution in [0.25, 0.3) is 0 Å². The molecule has 0 aliphatic carbocycles. The molecule has 0 aliphatic heterocycles. The molecule has 3 rings (SSSR count). The van der Waals surface area contributed by atoms with Crippen molar-refractivity contribution in [2.24, 2.45) is 0 Å². The van der Waals surface area contributed by atoms with Crippen molar-refractivity contribution >= 4 is 23.1 Å². The molecule has 0 saturated heterocycles. The number of carbonyl (C=O) groups is 1. The average Bonchev–Trinajstić information content (AvgIpc) is 2.60. The molecule has 0 bridgehead atoms. The zero-order valence-electron chi connectivity index (χ0n) is 15.4. The van der Waals surface area contributed by atoms with Gasteiger partial charge in [-0.15, -0.1) is 0 Å². The van der Waals surface area contributed by atoms with Crippen LogP contribution in [0.3, 0.4) is 0 Å². The van der Waals surface area contributed by atoms with Gasteiger partial charge in [-0.1, -0.05) is 30.3 Å². The third-order valence-electron chi connectivity index (χ3n) is 4.33. The van der Waals surface area contributed by atoms with E-state index in [0.717, 1.165) is 28.1 Å². The van der Waals surface area contributed by atoms with Gasteiger partial charge in [0.1, 0.15) is 17.3 Å². The van der Waals surface area contributed by atoms with E-state index in [-0.39, 0.29) is 5.91 Å². The number of hydrogen-bond donors (Lipinski definition) is 2. The van der Waals surface area contributed by atoms with Crippen molar-refractivity contribution in [2.75, 3.05) is 10.6 Å². The molecule has 132 valence electrons. The van der Waals surface area contributed by atoms with Crippen molar-refractivity contribution in [1.82, 2.24) is 9.97 Å².